The highest BCUT2D eigenvalue weighted by atomic mass is 32.2. The van der Waals surface area contributed by atoms with Crippen LogP contribution in [0.3, 0.4) is 0 Å². The number of rotatable bonds is 4. The average molecular weight is 279 g/mol. The summed E-state index contributed by atoms with van der Waals surface area (Å²) < 4.78 is 0. The largest absolute Gasteiger partial charge is 0.376 e. The fourth-order valence-electron chi connectivity index (χ4n) is 2.08. The maximum atomic E-state index is 12.1. The average Bonchev–Trinajstić information content (AvgIpc) is 2.46. The summed E-state index contributed by atoms with van der Waals surface area (Å²) in [7, 11) is 2.09. The zero-order valence-electron chi connectivity index (χ0n) is 11.6. The van der Waals surface area contributed by atoms with Crippen LogP contribution in [0.4, 0.5) is 5.69 Å². The zero-order valence-corrected chi connectivity index (χ0v) is 12.4. The highest BCUT2D eigenvalue weighted by Gasteiger charge is 2.18. The van der Waals surface area contributed by atoms with Crippen LogP contribution in [0.25, 0.3) is 0 Å². The lowest BCUT2D eigenvalue weighted by Crippen LogP contribution is -2.48. The van der Waals surface area contributed by atoms with Crippen molar-refractivity contribution in [3.8, 4) is 0 Å². The Morgan fingerprint density at radius 3 is 2.74 bits per heavy atom. The molecule has 1 aliphatic rings. The highest BCUT2D eigenvalue weighted by molar-refractivity contribution is 7.98. The number of carbonyl (C=O) groups excluding carboxylic acids is 1. The van der Waals surface area contributed by atoms with Crippen molar-refractivity contribution in [2.75, 3.05) is 51.3 Å². The number of hydrogen-bond donors (Lipinski definition) is 1. The van der Waals surface area contributed by atoms with Gasteiger partial charge in [0, 0.05) is 36.8 Å². The third-order valence-corrected chi connectivity index (χ3v) is 4.09. The van der Waals surface area contributed by atoms with E-state index in [1.807, 2.05) is 17.0 Å². The minimum absolute atomic E-state index is 0.183. The molecule has 19 heavy (non-hydrogen) atoms. The second kappa shape index (κ2) is 6.82. The number of nitrogens with zero attached hydrogens (tertiary/aromatic N) is 2. The molecule has 0 aromatic heterocycles. The Bertz CT molecular complexity index is 430. The third kappa shape index (κ3) is 4.14. The molecule has 0 spiro atoms. The van der Waals surface area contributed by atoms with Crippen LogP contribution in [0, 0.1) is 0 Å². The van der Waals surface area contributed by atoms with E-state index in [4.69, 9.17) is 0 Å². The van der Waals surface area contributed by atoms with Gasteiger partial charge in [-0.05, 0) is 31.5 Å². The number of thioether (sulfide) groups is 1. The van der Waals surface area contributed by atoms with Crippen molar-refractivity contribution < 1.29 is 4.79 Å². The number of nitrogens with one attached hydrogen (secondary N) is 1. The molecule has 0 atom stereocenters. The summed E-state index contributed by atoms with van der Waals surface area (Å²) in [5, 5.41) is 3.21. The van der Waals surface area contributed by atoms with E-state index in [1.54, 1.807) is 11.8 Å². The van der Waals surface area contributed by atoms with Gasteiger partial charge in [0.15, 0.2) is 0 Å². The van der Waals surface area contributed by atoms with Gasteiger partial charge in [0.1, 0.15) is 0 Å². The van der Waals surface area contributed by atoms with Crippen molar-refractivity contribution in [3.05, 3.63) is 24.3 Å². The lowest BCUT2D eigenvalue weighted by Gasteiger charge is -2.32. The number of likely N-dealkylation sites (N-methyl/N-ethyl adjacent to an activating group) is 1. The number of carbonyl (C=O) groups is 1. The summed E-state index contributed by atoms with van der Waals surface area (Å²) >= 11 is 1.70. The fourth-order valence-corrected chi connectivity index (χ4v) is 2.54. The van der Waals surface area contributed by atoms with Crippen molar-refractivity contribution in [1.29, 1.82) is 0 Å². The van der Waals surface area contributed by atoms with E-state index >= 15 is 0 Å². The lowest BCUT2D eigenvalue weighted by atomic mass is 10.3. The van der Waals surface area contributed by atoms with Gasteiger partial charge in [-0.25, -0.2) is 0 Å². The first-order chi connectivity index (χ1) is 9.19. The minimum Gasteiger partial charge on any atom is -0.376 e. The number of hydrogen-bond acceptors (Lipinski definition) is 4. The molecule has 5 heteroatoms. The molecule has 4 nitrogen and oxygen atoms in total. The lowest BCUT2D eigenvalue weighted by molar-refractivity contribution is -0.130. The molecule has 104 valence electrons. The van der Waals surface area contributed by atoms with E-state index < -0.39 is 0 Å². The van der Waals surface area contributed by atoms with Crippen LogP contribution in [0.5, 0.6) is 0 Å². The SMILES string of the molecule is CSc1cccc(NCC(=O)N2CCN(C)CC2)c1. The maximum absolute atomic E-state index is 12.1. The Morgan fingerprint density at radius 1 is 1.32 bits per heavy atom. The summed E-state index contributed by atoms with van der Waals surface area (Å²) in [6.07, 6.45) is 2.05. The van der Waals surface area contributed by atoms with Gasteiger partial charge in [0.05, 0.1) is 6.54 Å². The Hall–Kier alpha value is -1.20. The predicted octanol–water partition coefficient (Wildman–Crippen LogP) is 1.59. The first-order valence-corrected chi connectivity index (χ1v) is 7.76. The second-order valence-electron chi connectivity index (χ2n) is 4.77. The van der Waals surface area contributed by atoms with Crippen LogP contribution in [-0.2, 0) is 4.79 Å². The Kier molecular flexibility index (Phi) is 5.10. The maximum Gasteiger partial charge on any atom is 0.241 e. The van der Waals surface area contributed by atoms with E-state index in [0.29, 0.717) is 6.54 Å². The Balaban J connectivity index is 1.82. The van der Waals surface area contributed by atoms with Crippen molar-refractivity contribution in [1.82, 2.24) is 9.80 Å². The molecule has 1 aromatic rings. The first kappa shape index (κ1) is 14.2. The Labute approximate surface area is 119 Å². The minimum atomic E-state index is 0.183. The Morgan fingerprint density at radius 2 is 2.05 bits per heavy atom. The molecule has 0 saturated carbocycles. The molecule has 1 saturated heterocycles. The molecule has 0 bridgehead atoms. The standard InChI is InChI=1S/C14H21N3OS/c1-16-6-8-17(9-7-16)14(18)11-15-12-4-3-5-13(10-12)19-2/h3-5,10,15H,6-9,11H2,1-2H3. The molecular formula is C14H21N3OS. The van der Waals surface area contributed by atoms with Gasteiger partial charge in [-0.15, -0.1) is 11.8 Å². The van der Waals surface area contributed by atoms with Crippen molar-refractivity contribution >= 4 is 23.4 Å². The second-order valence-corrected chi connectivity index (χ2v) is 5.65. The van der Waals surface area contributed by atoms with Gasteiger partial charge in [-0.2, -0.15) is 0 Å². The van der Waals surface area contributed by atoms with Crippen LogP contribution in [0.2, 0.25) is 0 Å². The summed E-state index contributed by atoms with van der Waals surface area (Å²) in [6.45, 7) is 3.98. The van der Waals surface area contributed by atoms with Crippen molar-refractivity contribution in [2.24, 2.45) is 0 Å². The van der Waals surface area contributed by atoms with Crippen LogP contribution >= 0.6 is 11.8 Å². The number of benzene rings is 1. The first-order valence-electron chi connectivity index (χ1n) is 6.53. The van der Waals surface area contributed by atoms with Gasteiger partial charge >= 0.3 is 0 Å². The van der Waals surface area contributed by atoms with Crippen LogP contribution in [0.1, 0.15) is 0 Å². The normalized spacial score (nSPS) is 16.4. The summed E-state index contributed by atoms with van der Waals surface area (Å²) in [4.78, 5) is 17.5. The van der Waals surface area contributed by atoms with Crippen LogP contribution in [-0.4, -0.2) is 61.7 Å². The molecule has 0 unspecified atom stereocenters. The van der Waals surface area contributed by atoms with Crippen molar-refractivity contribution in [3.63, 3.8) is 0 Å². The number of anilines is 1. The van der Waals surface area contributed by atoms with E-state index in [0.717, 1.165) is 31.9 Å². The quantitative estimate of drug-likeness (QED) is 0.849. The molecule has 0 radical (unpaired) electrons. The van der Waals surface area contributed by atoms with E-state index in [-0.39, 0.29) is 5.91 Å². The molecule has 1 heterocycles. The van der Waals surface area contributed by atoms with Gasteiger partial charge in [0.25, 0.3) is 0 Å². The molecule has 1 N–H and O–H groups in total. The molecule has 1 amide bonds. The topological polar surface area (TPSA) is 35.6 Å². The molecule has 0 aliphatic carbocycles. The third-order valence-electron chi connectivity index (χ3n) is 3.37. The zero-order chi connectivity index (χ0) is 13.7. The summed E-state index contributed by atoms with van der Waals surface area (Å²) in [5.41, 5.74) is 1.01. The van der Waals surface area contributed by atoms with Gasteiger partial charge in [-0.3, -0.25) is 4.79 Å². The van der Waals surface area contributed by atoms with Gasteiger partial charge in [-0.1, -0.05) is 6.07 Å². The van der Waals surface area contributed by atoms with E-state index in [2.05, 4.69) is 35.7 Å². The van der Waals surface area contributed by atoms with Gasteiger partial charge < -0.3 is 15.1 Å². The highest BCUT2D eigenvalue weighted by Crippen LogP contribution is 2.18. The smallest absolute Gasteiger partial charge is 0.241 e. The monoisotopic (exact) mass is 279 g/mol. The fraction of sp³-hybridized carbons (Fsp3) is 0.500. The summed E-state index contributed by atoms with van der Waals surface area (Å²) in [5.74, 6) is 0.183. The summed E-state index contributed by atoms with van der Waals surface area (Å²) in [6, 6.07) is 8.14. The van der Waals surface area contributed by atoms with Crippen LogP contribution < -0.4 is 5.32 Å². The molecule has 1 fully saturated rings. The predicted molar refractivity (Wildman–Crippen MR) is 80.8 cm³/mol. The molecular weight excluding hydrogens is 258 g/mol. The molecule has 1 aromatic carbocycles. The van der Waals surface area contributed by atoms with Crippen molar-refractivity contribution in [2.45, 2.75) is 4.90 Å². The van der Waals surface area contributed by atoms with Crippen LogP contribution in [0.15, 0.2) is 29.2 Å². The molecule has 1 aliphatic heterocycles. The van der Waals surface area contributed by atoms with E-state index in [9.17, 15) is 4.79 Å². The van der Waals surface area contributed by atoms with Gasteiger partial charge in [0.2, 0.25) is 5.91 Å². The number of amides is 1. The van der Waals surface area contributed by atoms with E-state index in [1.165, 1.54) is 4.90 Å². The molecule has 2 rings (SSSR count). The number of piperazine rings is 1.